The summed E-state index contributed by atoms with van der Waals surface area (Å²) >= 11 is 0. The Morgan fingerprint density at radius 3 is 2.71 bits per heavy atom. The highest BCUT2D eigenvalue weighted by atomic mass is 19.1. The topological polar surface area (TPSA) is 52.5 Å². The number of nitriles is 2. The van der Waals surface area contributed by atoms with E-state index in [9.17, 15) is 4.39 Å². The van der Waals surface area contributed by atoms with Crippen molar-refractivity contribution >= 4 is 0 Å². The van der Waals surface area contributed by atoms with Crippen LogP contribution in [0.15, 0.2) is 36.5 Å². The normalized spacial score (nSPS) is 9.59. The van der Waals surface area contributed by atoms with Crippen molar-refractivity contribution < 1.29 is 4.39 Å². The number of nitrogens with zero attached hydrogens (tertiary/aromatic N) is 3. The molecule has 0 saturated carbocycles. The van der Waals surface area contributed by atoms with Gasteiger partial charge in [-0.05, 0) is 35.9 Å². The van der Waals surface area contributed by atoms with E-state index in [1.807, 2.05) is 12.1 Å². The maximum Gasteiger partial charge on any atom is 0.123 e. The standard InChI is InChI=1S/C13H8FN3/c14-12-4-3-10(7-15)11(6-12)9-17-5-1-2-13(17)8-16/h1-6H,9H2. The lowest BCUT2D eigenvalue weighted by molar-refractivity contribution is 0.623. The van der Waals surface area contributed by atoms with E-state index in [4.69, 9.17) is 10.5 Å². The molecule has 2 aromatic rings. The summed E-state index contributed by atoms with van der Waals surface area (Å²) in [6.45, 7) is 0.316. The molecule has 17 heavy (non-hydrogen) atoms. The minimum absolute atomic E-state index is 0.316. The molecule has 1 aromatic carbocycles. The van der Waals surface area contributed by atoms with Crippen LogP contribution in [0.1, 0.15) is 16.8 Å². The Hall–Kier alpha value is -2.59. The van der Waals surface area contributed by atoms with Crippen LogP contribution < -0.4 is 0 Å². The fourth-order valence-corrected chi connectivity index (χ4v) is 1.64. The molecule has 0 bridgehead atoms. The smallest absolute Gasteiger partial charge is 0.123 e. The van der Waals surface area contributed by atoms with Gasteiger partial charge in [0.1, 0.15) is 17.6 Å². The van der Waals surface area contributed by atoms with E-state index in [1.54, 1.807) is 22.9 Å². The van der Waals surface area contributed by atoms with Gasteiger partial charge in [0.15, 0.2) is 0 Å². The van der Waals surface area contributed by atoms with Gasteiger partial charge in [-0.1, -0.05) is 0 Å². The quantitative estimate of drug-likeness (QED) is 0.788. The van der Waals surface area contributed by atoms with Crippen molar-refractivity contribution in [1.82, 2.24) is 4.57 Å². The maximum atomic E-state index is 13.1. The first-order valence-corrected chi connectivity index (χ1v) is 4.98. The molecular formula is C13H8FN3. The molecule has 0 atom stereocenters. The average Bonchev–Trinajstić information content (AvgIpc) is 2.77. The molecular weight excluding hydrogens is 217 g/mol. The minimum atomic E-state index is -0.385. The summed E-state index contributed by atoms with van der Waals surface area (Å²) in [4.78, 5) is 0. The Kier molecular flexibility index (Phi) is 2.89. The minimum Gasteiger partial charge on any atom is -0.335 e. The largest absolute Gasteiger partial charge is 0.335 e. The molecule has 0 aliphatic rings. The number of rotatable bonds is 2. The van der Waals surface area contributed by atoms with E-state index in [-0.39, 0.29) is 5.82 Å². The van der Waals surface area contributed by atoms with Gasteiger partial charge in [0.2, 0.25) is 0 Å². The number of halogens is 1. The van der Waals surface area contributed by atoms with Crippen LogP contribution in [-0.2, 0) is 6.54 Å². The third kappa shape index (κ3) is 2.16. The van der Waals surface area contributed by atoms with Crippen molar-refractivity contribution in [3.05, 3.63) is 59.2 Å². The Balaban J connectivity index is 2.40. The zero-order chi connectivity index (χ0) is 12.3. The van der Waals surface area contributed by atoms with Crippen LogP contribution in [0.3, 0.4) is 0 Å². The van der Waals surface area contributed by atoms with Gasteiger partial charge in [0, 0.05) is 12.7 Å². The van der Waals surface area contributed by atoms with Crippen LogP contribution in [0.5, 0.6) is 0 Å². The molecule has 0 aliphatic carbocycles. The fourth-order valence-electron chi connectivity index (χ4n) is 1.64. The van der Waals surface area contributed by atoms with Crippen molar-refractivity contribution in [2.45, 2.75) is 6.54 Å². The van der Waals surface area contributed by atoms with Gasteiger partial charge in [-0.15, -0.1) is 0 Å². The predicted octanol–water partition coefficient (Wildman–Crippen LogP) is 2.42. The van der Waals surface area contributed by atoms with Gasteiger partial charge in [0.25, 0.3) is 0 Å². The number of hydrogen-bond acceptors (Lipinski definition) is 2. The summed E-state index contributed by atoms with van der Waals surface area (Å²) in [6, 6.07) is 11.5. The highest BCUT2D eigenvalue weighted by Gasteiger charge is 2.06. The molecule has 3 nitrogen and oxygen atoms in total. The van der Waals surface area contributed by atoms with Gasteiger partial charge in [-0.25, -0.2) is 4.39 Å². The van der Waals surface area contributed by atoms with Crippen LogP contribution in [0, 0.1) is 28.5 Å². The highest BCUT2D eigenvalue weighted by Crippen LogP contribution is 2.13. The third-order valence-electron chi connectivity index (χ3n) is 2.47. The summed E-state index contributed by atoms with van der Waals surface area (Å²) in [5, 5.41) is 17.8. The summed E-state index contributed by atoms with van der Waals surface area (Å²) in [7, 11) is 0. The molecule has 0 amide bonds. The van der Waals surface area contributed by atoms with Crippen molar-refractivity contribution in [3.8, 4) is 12.1 Å². The lowest BCUT2D eigenvalue weighted by Gasteiger charge is -2.06. The molecule has 0 saturated heterocycles. The van der Waals surface area contributed by atoms with E-state index >= 15 is 0 Å². The average molecular weight is 225 g/mol. The molecule has 2 rings (SSSR count). The Morgan fingerprint density at radius 1 is 1.18 bits per heavy atom. The second-order valence-electron chi connectivity index (χ2n) is 3.55. The van der Waals surface area contributed by atoms with E-state index in [2.05, 4.69) is 0 Å². The van der Waals surface area contributed by atoms with Crippen molar-refractivity contribution in [2.24, 2.45) is 0 Å². The van der Waals surface area contributed by atoms with E-state index < -0.39 is 0 Å². The summed E-state index contributed by atoms with van der Waals surface area (Å²) < 4.78 is 14.8. The zero-order valence-electron chi connectivity index (χ0n) is 8.89. The van der Waals surface area contributed by atoms with Crippen LogP contribution in [0.4, 0.5) is 4.39 Å². The number of aromatic nitrogens is 1. The molecule has 0 spiro atoms. The van der Waals surface area contributed by atoms with E-state index in [1.165, 1.54) is 18.2 Å². The van der Waals surface area contributed by atoms with Crippen LogP contribution in [-0.4, -0.2) is 4.57 Å². The first-order valence-electron chi connectivity index (χ1n) is 4.98. The molecule has 0 N–H and O–H groups in total. The summed E-state index contributed by atoms with van der Waals surface area (Å²) in [5.74, 6) is -0.385. The van der Waals surface area contributed by atoms with Crippen LogP contribution in [0.2, 0.25) is 0 Å². The van der Waals surface area contributed by atoms with Gasteiger partial charge in [-0.2, -0.15) is 10.5 Å². The Morgan fingerprint density at radius 2 is 2.00 bits per heavy atom. The molecule has 0 radical (unpaired) electrons. The SMILES string of the molecule is N#Cc1ccc(F)cc1Cn1cccc1C#N. The van der Waals surface area contributed by atoms with Crippen LogP contribution >= 0.6 is 0 Å². The predicted molar refractivity (Wildman–Crippen MR) is 59.4 cm³/mol. The van der Waals surface area contributed by atoms with Crippen molar-refractivity contribution in [1.29, 1.82) is 10.5 Å². The molecule has 4 heteroatoms. The highest BCUT2D eigenvalue weighted by molar-refractivity contribution is 5.38. The first kappa shape index (κ1) is 10.9. The molecule has 82 valence electrons. The van der Waals surface area contributed by atoms with Crippen LogP contribution in [0.25, 0.3) is 0 Å². The molecule has 0 aliphatic heterocycles. The summed E-state index contributed by atoms with van der Waals surface area (Å²) in [5.41, 5.74) is 1.47. The molecule has 1 aromatic heterocycles. The lowest BCUT2D eigenvalue weighted by atomic mass is 10.1. The van der Waals surface area contributed by atoms with E-state index in [0.29, 0.717) is 23.4 Å². The summed E-state index contributed by atoms with van der Waals surface area (Å²) in [6.07, 6.45) is 1.73. The number of benzene rings is 1. The number of hydrogen-bond donors (Lipinski definition) is 0. The lowest BCUT2D eigenvalue weighted by Crippen LogP contribution is -2.03. The zero-order valence-corrected chi connectivity index (χ0v) is 8.89. The monoisotopic (exact) mass is 225 g/mol. The molecule has 0 unspecified atom stereocenters. The Bertz CT molecular complexity index is 629. The maximum absolute atomic E-state index is 13.1. The second-order valence-corrected chi connectivity index (χ2v) is 3.55. The Labute approximate surface area is 98.0 Å². The van der Waals surface area contributed by atoms with Gasteiger partial charge in [-0.3, -0.25) is 0 Å². The van der Waals surface area contributed by atoms with Crippen molar-refractivity contribution in [3.63, 3.8) is 0 Å². The first-order chi connectivity index (χ1) is 8.24. The molecule has 0 fully saturated rings. The fraction of sp³-hybridized carbons (Fsp3) is 0.0769. The van der Waals surface area contributed by atoms with Gasteiger partial charge >= 0.3 is 0 Å². The van der Waals surface area contributed by atoms with Crippen molar-refractivity contribution in [2.75, 3.05) is 0 Å². The molecule has 1 heterocycles. The second kappa shape index (κ2) is 4.51. The van der Waals surface area contributed by atoms with E-state index in [0.717, 1.165) is 0 Å². The third-order valence-corrected chi connectivity index (χ3v) is 2.47. The van der Waals surface area contributed by atoms with Gasteiger partial charge in [0.05, 0.1) is 11.6 Å². The van der Waals surface area contributed by atoms with Gasteiger partial charge < -0.3 is 4.57 Å².